The zero-order valence-corrected chi connectivity index (χ0v) is 19.6. The first-order valence-electron chi connectivity index (χ1n) is 10.3. The van der Waals surface area contributed by atoms with Crippen molar-refractivity contribution in [1.82, 2.24) is 0 Å². The molecule has 0 aliphatic heterocycles. The number of methoxy groups -OCH3 is 1. The summed E-state index contributed by atoms with van der Waals surface area (Å²) in [6.07, 6.45) is 2.58. The van der Waals surface area contributed by atoms with Crippen molar-refractivity contribution in [3.63, 3.8) is 0 Å². The van der Waals surface area contributed by atoms with Crippen molar-refractivity contribution in [2.45, 2.75) is 26.5 Å². The van der Waals surface area contributed by atoms with Crippen LogP contribution < -0.4 is 19.5 Å². The summed E-state index contributed by atoms with van der Waals surface area (Å²) < 4.78 is 18.4. The number of hydrogen-bond acceptors (Lipinski definition) is 4. The molecule has 3 aromatic rings. The van der Waals surface area contributed by atoms with Crippen LogP contribution in [0.5, 0.6) is 17.2 Å². The Morgan fingerprint density at radius 3 is 2.35 bits per heavy atom. The summed E-state index contributed by atoms with van der Waals surface area (Å²) in [4.78, 5) is 0. The molecule has 0 saturated carbocycles. The van der Waals surface area contributed by atoms with Gasteiger partial charge in [-0.05, 0) is 73.0 Å². The molecular formula is C26H28BrNO3. The van der Waals surface area contributed by atoms with Gasteiger partial charge in [-0.3, -0.25) is 0 Å². The van der Waals surface area contributed by atoms with Crippen molar-refractivity contribution in [2.24, 2.45) is 0 Å². The lowest BCUT2D eigenvalue weighted by Crippen LogP contribution is -2.05. The van der Waals surface area contributed by atoms with Crippen molar-refractivity contribution in [3.05, 3.63) is 94.5 Å². The fourth-order valence-corrected chi connectivity index (χ4v) is 3.49. The Morgan fingerprint density at radius 1 is 0.968 bits per heavy atom. The Hall–Kier alpha value is -2.92. The molecule has 0 spiro atoms. The van der Waals surface area contributed by atoms with Crippen LogP contribution in [0.1, 0.15) is 23.6 Å². The largest absolute Gasteiger partial charge is 0.494 e. The van der Waals surface area contributed by atoms with E-state index in [1.54, 1.807) is 7.11 Å². The van der Waals surface area contributed by atoms with E-state index < -0.39 is 0 Å². The fraction of sp³-hybridized carbons (Fsp3) is 0.231. The molecule has 3 rings (SSSR count). The predicted molar refractivity (Wildman–Crippen MR) is 130 cm³/mol. The summed E-state index contributed by atoms with van der Waals surface area (Å²) in [5.74, 6) is 2.35. The average Bonchev–Trinajstić information content (AvgIpc) is 2.79. The number of ether oxygens (including phenoxy) is 3. The maximum atomic E-state index is 6.17. The molecule has 0 bridgehead atoms. The van der Waals surface area contributed by atoms with E-state index in [-0.39, 0.29) is 0 Å². The molecule has 0 saturated heterocycles. The van der Waals surface area contributed by atoms with Gasteiger partial charge < -0.3 is 19.5 Å². The summed E-state index contributed by atoms with van der Waals surface area (Å²) in [6.45, 7) is 7.68. The molecule has 4 nitrogen and oxygen atoms in total. The second kappa shape index (κ2) is 11.5. The molecular weight excluding hydrogens is 454 g/mol. The van der Waals surface area contributed by atoms with Crippen LogP contribution >= 0.6 is 15.9 Å². The smallest absolute Gasteiger partial charge is 0.165 e. The molecule has 0 radical (unpaired) electrons. The summed E-state index contributed by atoms with van der Waals surface area (Å²) in [5, 5.41) is 3.45. The number of hydrogen-bond donors (Lipinski definition) is 1. The van der Waals surface area contributed by atoms with Crippen molar-refractivity contribution in [3.8, 4) is 17.2 Å². The normalized spacial score (nSPS) is 10.4. The maximum Gasteiger partial charge on any atom is 0.165 e. The minimum atomic E-state index is 0.470. The number of nitrogens with one attached hydrogen (secondary N) is 1. The second-order valence-electron chi connectivity index (χ2n) is 7.01. The van der Waals surface area contributed by atoms with Gasteiger partial charge in [0, 0.05) is 22.3 Å². The van der Waals surface area contributed by atoms with Crippen molar-refractivity contribution in [2.75, 3.05) is 19.0 Å². The van der Waals surface area contributed by atoms with E-state index in [0.717, 1.165) is 44.1 Å². The van der Waals surface area contributed by atoms with Crippen molar-refractivity contribution < 1.29 is 14.2 Å². The van der Waals surface area contributed by atoms with Gasteiger partial charge in [-0.1, -0.05) is 34.1 Å². The molecule has 0 heterocycles. The Bertz CT molecular complexity index is 985. The minimum Gasteiger partial charge on any atom is -0.494 e. The highest BCUT2D eigenvalue weighted by molar-refractivity contribution is 9.10. The van der Waals surface area contributed by atoms with E-state index in [0.29, 0.717) is 26.2 Å². The van der Waals surface area contributed by atoms with E-state index >= 15 is 0 Å². The first-order valence-corrected chi connectivity index (χ1v) is 11.1. The van der Waals surface area contributed by atoms with Gasteiger partial charge in [0.05, 0.1) is 13.7 Å². The van der Waals surface area contributed by atoms with Crippen LogP contribution in [0.25, 0.3) is 0 Å². The Morgan fingerprint density at radius 2 is 1.71 bits per heavy atom. The topological polar surface area (TPSA) is 39.7 Å². The van der Waals surface area contributed by atoms with E-state index in [1.807, 2.05) is 67.6 Å². The predicted octanol–water partition coefficient (Wildman–Crippen LogP) is 6.78. The molecule has 0 amide bonds. The van der Waals surface area contributed by atoms with E-state index in [4.69, 9.17) is 14.2 Å². The molecule has 0 atom stereocenters. The first-order chi connectivity index (χ1) is 15.1. The fourth-order valence-electron chi connectivity index (χ4n) is 3.22. The number of allylic oxidation sites excluding steroid dienone is 1. The monoisotopic (exact) mass is 481 g/mol. The first kappa shape index (κ1) is 22.8. The third-order valence-electron chi connectivity index (χ3n) is 4.73. The number of halogens is 1. The van der Waals surface area contributed by atoms with E-state index in [1.165, 1.54) is 0 Å². The lowest BCUT2D eigenvalue weighted by atomic mass is 10.1. The maximum absolute atomic E-state index is 6.17. The third kappa shape index (κ3) is 6.53. The SMILES string of the molecule is C=CCc1cc(CNc2ccc(OCC)cc2)cc(OC)c1OCc1ccc(Br)cc1. The van der Waals surface area contributed by atoms with Crippen LogP contribution in [0, 0.1) is 0 Å². The quantitative estimate of drug-likeness (QED) is 0.306. The Labute approximate surface area is 193 Å². The second-order valence-corrected chi connectivity index (χ2v) is 7.92. The van der Waals surface area contributed by atoms with Gasteiger partial charge in [0.2, 0.25) is 0 Å². The lowest BCUT2D eigenvalue weighted by molar-refractivity contribution is 0.281. The molecule has 0 aromatic heterocycles. The summed E-state index contributed by atoms with van der Waals surface area (Å²) in [5.41, 5.74) is 4.29. The molecule has 31 heavy (non-hydrogen) atoms. The van der Waals surface area contributed by atoms with Gasteiger partial charge in [0.25, 0.3) is 0 Å². The molecule has 0 fully saturated rings. The number of anilines is 1. The van der Waals surface area contributed by atoms with Crippen LogP contribution in [0.2, 0.25) is 0 Å². The summed E-state index contributed by atoms with van der Waals surface area (Å²) in [6, 6.07) is 20.2. The van der Waals surface area contributed by atoms with Gasteiger partial charge in [-0.2, -0.15) is 0 Å². The Kier molecular flexibility index (Phi) is 8.42. The van der Waals surface area contributed by atoms with E-state index in [2.05, 4.69) is 33.9 Å². The van der Waals surface area contributed by atoms with Gasteiger partial charge in [0.1, 0.15) is 12.4 Å². The van der Waals surface area contributed by atoms with Crippen LogP contribution in [-0.2, 0) is 19.6 Å². The van der Waals surface area contributed by atoms with Gasteiger partial charge in [0.15, 0.2) is 11.5 Å². The van der Waals surface area contributed by atoms with Crippen LogP contribution in [-0.4, -0.2) is 13.7 Å². The zero-order valence-electron chi connectivity index (χ0n) is 18.0. The van der Waals surface area contributed by atoms with Crippen LogP contribution in [0.15, 0.2) is 77.8 Å². The highest BCUT2D eigenvalue weighted by atomic mass is 79.9. The molecule has 3 aromatic carbocycles. The lowest BCUT2D eigenvalue weighted by Gasteiger charge is -2.17. The third-order valence-corrected chi connectivity index (χ3v) is 5.26. The van der Waals surface area contributed by atoms with Gasteiger partial charge in [-0.15, -0.1) is 6.58 Å². The Balaban J connectivity index is 1.74. The number of rotatable bonds is 11. The van der Waals surface area contributed by atoms with Gasteiger partial charge >= 0.3 is 0 Å². The molecule has 162 valence electrons. The summed E-state index contributed by atoms with van der Waals surface area (Å²) >= 11 is 3.46. The minimum absolute atomic E-state index is 0.470. The highest BCUT2D eigenvalue weighted by Crippen LogP contribution is 2.34. The van der Waals surface area contributed by atoms with Crippen LogP contribution in [0.3, 0.4) is 0 Å². The molecule has 0 aliphatic rings. The van der Waals surface area contributed by atoms with E-state index in [9.17, 15) is 0 Å². The molecule has 1 N–H and O–H groups in total. The standard InChI is InChI=1S/C26H28BrNO3/c1-4-6-21-15-20(17-28-23-11-13-24(14-12-23)30-5-2)16-25(29-3)26(21)31-18-19-7-9-22(27)10-8-19/h4,7-16,28H,1,5-6,17-18H2,2-3H3. The molecule has 0 aliphatic carbocycles. The van der Waals surface area contributed by atoms with Crippen molar-refractivity contribution >= 4 is 21.6 Å². The highest BCUT2D eigenvalue weighted by Gasteiger charge is 2.13. The van der Waals surface area contributed by atoms with Gasteiger partial charge in [-0.25, -0.2) is 0 Å². The molecule has 0 unspecified atom stereocenters. The molecule has 5 heteroatoms. The average molecular weight is 482 g/mol. The zero-order chi connectivity index (χ0) is 22.1. The van der Waals surface area contributed by atoms with Crippen molar-refractivity contribution in [1.29, 1.82) is 0 Å². The van der Waals surface area contributed by atoms with Crippen LogP contribution in [0.4, 0.5) is 5.69 Å². The number of benzene rings is 3. The summed E-state index contributed by atoms with van der Waals surface area (Å²) in [7, 11) is 1.67.